The largest absolute Gasteiger partial charge is 1.00 e. The second-order valence-electron chi connectivity index (χ2n) is 33.9. The summed E-state index contributed by atoms with van der Waals surface area (Å²) in [4.78, 5) is 132. The van der Waals surface area contributed by atoms with E-state index in [1.165, 1.54) is 18.2 Å². The average molecular weight is 1820 g/mol. The van der Waals surface area contributed by atoms with E-state index < -0.39 is 94.6 Å². The van der Waals surface area contributed by atoms with E-state index >= 15 is 0 Å². The molecule has 3 aliphatic rings. The number of hydrogen-bond acceptors (Lipinski definition) is 21. The summed E-state index contributed by atoms with van der Waals surface area (Å²) in [5, 5.41) is 29.5. The minimum atomic E-state index is -1.17. The molecule has 3 atom stereocenters. The Morgan fingerprint density at radius 3 is 1.01 bits per heavy atom. The Kier molecular flexibility index (Phi) is 47.1. The van der Waals surface area contributed by atoms with Gasteiger partial charge >= 0.3 is 65.6 Å². The smallest absolute Gasteiger partial charge is 0.407 e. The molecule has 28 nitrogen and oxygen atoms in total. The number of alkyl carbamates (subject to hydrolysis) is 4. The number of nitrogens with one attached hydrogen (secondary N) is 4. The van der Waals surface area contributed by atoms with Gasteiger partial charge in [-0.3, -0.25) is 19.3 Å². The summed E-state index contributed by atoms with van der Waals surface area (Å²) < 4.78 is 46.8. The van der Waals surface area contributed by atoms with Gasteiger partial charge in [0.1, 0.15) is 67.0 Å². The molecule has 0 spiro atoms. The van der Waals surface area contributed by atoms with E-state index in [4.69, 9.17) is 37.9 Å². The lowest BCUT2D eigenvalue weighted by Gasteiger charge is -2.26. The molecule has 700 valence electrons. The van der Waals surface area contributed by atoms with E-state index in [2.05, 4.69) is 67.6 Å². The molecule has 0 heterocycles. The molecule has 4 amide bonds. The minimum Gasteiger partial charge on any atom is -1.00 e. The molecule has 0 bridgehead atoms. The molecule has 30 heteroatoms. The van der Waals surface area contributed by atoms with Gasteiger partial charge in [-0.1, -0.05) is 198 Å². The van der Waals surface area contributed by atoms with Gasteiger partial charge in [0.05, 0.1) is 26.7 Å². The van der Waals surface area contributed by atoms with Crippen molar-refractivity contribution in [2.45, 2.75) is 234 Å². The molecule has 9 N–H and O–H groups in total. The van der Waals surface area contributed by atoms with Crippen molar-refractivity contribution in [2.24, 2.45) is 0 Å². The zero-order valence-corrected chi connectivity index (χ0v) is 76.1. The Hall–Kier alpha value is -11.6. The molecule has 7 aromatic rings. The first kappa shape index (κ1) is 111. The van der Waals surface area contributed by atoms with Gasteiger partial charge in [-0.2, -0.15) is 0 Å². The number of ether oxygens (including phenoxy) is 9. The number of carbonyl (C=O) groups is 11. The summed E-state index contributed by atoms with van der Waals surface area (Å²) in [6.45, 7) is 25.1. The predicted molar refractivity (Wildman–Crippen MR) is 487 cm³/mol. The molecule has 0 aromatic heterocycles. The Labute approximate surface area is 764 Å². The van der Waals surface area contributed by atoms with Crippen LogP contribution in [0, 0.1) is 0 Å². The van der Waals surface area contributed by atoms with Crippen LogP contribution in [0.3, 0.4) is 0 Å². The number of carboxylic acids is 2. The van der Waals surface area contributed by atoms with E-state index in [0.717, 1.165) is 80.6 Å². The number of unbranched alkanes of at least 4 members (excludes halogenated alkanes) is 3. The van der Waals surface area contributed by atoms with Gasteiger partial charge in [0.25, 0.3) is 0 Å². The van der Waals surface area contributed by atoms with E-state index in [0.29, 0.717) is 51.6 Å². The first-order chi connectivity index (χ1) is 59.2. The summed E-state index contributed by atoms with van der Waals surface area (Å²) >= 11 is 4.60. The first-order valence-electron chi connectivity index (χ1n) is 42.1. The summed E-state index contributed by atoms with van der Waals surface area (Å²) in [5.41, 5.74) is 15.1. The number of carboxylic acid groups (broad SMARTS) is 2. The van der Waals surface area contributed by atoms with Crippen LogP contribution in [0.2, 0.25) is 0 Å². The van der Waals surface area contributed by atoms with Crippen molar-refractivity contribution in [3.63, 3.8) is 0 Å². The number of amides is 4. The number of carbonyl (C=O) groups excluding carboxylic acids is 9. The predicted octanol–water partition coefficient (Wildman–Crippen LogP) is 14.9. The Morgan fingerprint density at radius 2 is 0.703 bits per heavy atom. The molecule has 10 rings (SSSR count). The lowest BCUT2D eigenvalue weighted by molar-refractivity contribution is -0.368. The number of rotatable bonds is 33. The van der Waals surface area contributed by atoms with Gasteiger partial charge < -0.3 is 92.3 Å². The number of fused-ring (bicyclic) bond motifs is 9. The number of quaternary nitrogens is 1. The molecule has 0 saturated heterocycles. The molecule has 3 aliphatic carbocycles. The number of benzene rings is 7. The molecule has 0 radical (unpaired) electrons. The second kappa shape index (κ2) is 54.6. The lowest BCUT2D eigenvalue weighted by atomic mass is 9.98. The summed E-state index contributed by atoms with van der Waals surface area (Å²) in [6, 6.07) is 54.8. The summed E-state index contributed by atoms with van der Waals surface area (Å²) in [5.74, 6) is -4.12. The number of esters is 4. The first-order valence-corrected chi connectivity index (χ1v) is 42.4. The molecule has 0 unspecified atom stereocenters. The minimum absolute atomic E-state index is 0. The topological polar surface area (TPSA) is 390 Å². The SMILES string of the molecule is C.C.CC(C)(C)OC(=O)CN(CCCC[C@H](NC(=O)OCC1c2ccccc2-c2ccccc21)C(=O)O)CC(=O)OC(C)(C)C.CC(C)(C)OC(=O)NCCCC[C@H](NC(=O)OCC1c2ccccc2-c2ccccc21)C(=O)O.CCC(=O)OC(C)(C)C.COC(=O)Cl.[Cl-].[NH3+]CCCC[C@H](NC(=O)OCC1c2ccccc2-c2ccccc21)C(=O)OCc1ccccc1. The zero-order valence-electron chi connectivity index (χ0n) is 74.6. The molecule has 0 fully saturated rings. The molecule has 128 heavy (non-hydrogen) atoms. The molecule has 0 saturated carbocycles. The van der Waals surface area contributed by atoms with Crippen LogP contribution in [0.5, 0.6) is 0 Å². The van der Waals surface area contributed by atoms with Crippen molar-refractivity contribution < 1.29 is 124 Å². The maximum Gasteiger partial charge on any atom is 0.407 e. The van der Waals surface area contributed by atoms with E-state index in [-0.39, 0.29) is 109 Å². The molecular weight excluding hydrogens is 1680 g/mol. The standard InChI is InChI=1S/C33H44N2O8.C28H30N2O4.C26H32N2O6.C7H14O2.C2H3ClO2.2CH4.ClH/c1-32(2,3)42-28(36)19-35(20-29(37)43-33(4,5)6)18-12-11-17-27(30(38)39)34-31(40)41-21-26-24-15-9-7-13-22(24)23-14-8-10-16-25(23)26;29-17-9-8-16-26(27(31)33-18-20-10-2-1-3-11-20)30-28(32)34-19-25-23-14-6-4-12-21(23)22-13-5-7-15-24(22)25;1-26(2,3)34-24(31)27-15-9-8-14-22(23(29)30)28-25(32)33-16-21-19-12-6-4-10-17(19)18-11-5-7-13-20(18)21;1-5-6(8)9-7(2,3)4;1-5-2(3)4;;;/h7-10,13-16,26-27H,11-12,17-21H2,1-6H3,(H,34,40)(H,38,39);1-7,10-15,25-26H,8-9,16-19,29H2,(H,30,32);4-7,10-13,21-22H,8-9,14-16H2,1-3H3,(H,27,31)(H,28,32)(H,29,30);5H2,1-4H3;1H3;2*1H4;1H/t27-;26-;22-;;;;;/m000...../s1. The maximum absolute atomic E-state index is 12.7. The van der Waals surface area contributed by atoms with Crippen LogP contribution >= 0.6 is 11.6 Å². The van der Waals surface area contributed by atoms with E-state index in [9.17, 15) is 63.0 Å². The van der Waals surface area contributed by atoms with E-state index in [1.54, 1.807) is 74.1 Å². The Morgan fingerprint density at radius 1 is 0.406 bits per heavy atom. The third kappa shape index (κ3) is 38.9. The zero-order chi connectivity index (χ0) is 92.0. The average Bonchev–Trinajstić information content (AvgIpc) is 1.63. The van der Waals surface area contributed by atoms with Crippen LogP contribution < -0.4 is 39.4 Å². The highest BCUT2D eigenvalue weighted by Gasteiger charge is 2.35. The van der Waals surface area contributed by atoms with Crippen molar-refractivity contribution in [3.05, 3.63) is 215 Å². The van der Waals surface area contributed by atoms with Gasteiger partial charge in [-0.05, 0) is 220 Å². The van der Waals surface area contributed by atoms with Gasteiger partial charge in [0.2, 0.25) is 0 Å². The highest BCUT2D eigenvalue weighted by molar-refractivity contribution is 6.61. The number of methoxy groups -OCH3 is 1. The Balaban J connectivity index is 0.000000457. The fourth-order valence-electron chi connectivity index (χ4n) is 13.9. The van der Waals surface area contributed by atoms with E-state index in [1.807, 2.05) is 172 Å². The maximum atomic E-state index is 12.7. The van der Waals surface area contributed by atoms with Crippen molar-refractivity contribution >= 4 is 77.2 Å². The van der Waals surface area contributed by atoms with Crippen LogP contribution in [0.4, 0.5) is 24.0 Å². The van der Waals surface area contributed by atoms with Crippen LogP contribution in [0.15, 0.2) is 176 Å². The van der Waals surface area contributed by atoms with Crippen molar-refractivity contribution in [1.82, 2.24) is 26.2 Å². The van der Waals surface area contributed by atoms with Gasteiger partial charge in [-0.25, -0.2) is 38.4 Å². The quantitative estimate of drug-likeness (QED) is 0.00869. The van der Waals surface area contributed by atoms with Crippen LogP contribution in [0.25, 0.3) is 33.4 Å². The summed E-state index contributed by atoms with van der Waals surface area (Å²) in [7, 11) is 1.22. The fraction of sp³-hybridized carbons (Fsp3) is 0.459. The number of halogens is 2. The molecule has 7 aromatic carbocycles. The fourth-order valence-corrected chi connectivity index (χ4v) is 13.9. The Bertz CT molecular complexity index is 4550. The highest BCUT2D eigenvalue weighted by Crippen LogP contribution is 2.47. The highest BCUT2D eigenvalue weighted by atomic mass is 35.5. The van der Waals surface area contributed by atoms with Crippen molar-refractivity contribution in [2.75, 3.05) is 59.7 Å². The summed E-state index contributed by atoms with van der Waals surface area (Å²) in [6.07, 6.45) is 2.18. The number of aliphatic carboxylic acids is 2. The normalized spacial score (nSPS) is 12.6. The number of hydrogen-bond donors (Lipinski definition) is 7. The van der Waals surface area contributed by atoms with Crippen molar-refractivity contribution in [3.8, 4) is 33.4 Å². The van der Waals surface area contributed by atoms with Crippen molar-refractivity contribution in [1.29, 1.82) is 0 Å². The third-order valence-electron chi connectivity index (χ3n) is 19.2. The van der Waals surface area contributed by atoms with Crippen LogP contribution in [0.1, 0.15) is 226 Å². The molecular formula is C98H132Cl2N6O22. The number of nitrogens with zero attached hydrogens (tertiary/aromatic N) is 1. The molecule has 0 aliphatic heterocycles. The lowest BCUT2D eigenvalue weighted by Crippen LogP contribution is -3.00. The van der Waals surface area contributed by atoms with Crippen LogP contribution in [-0.4, -0.2) is 181 Å². The second-order valence-corrected chi connectivity index (χ2v) is 34.2. The van der Waals surface area contributed by atoms with Gasteiger partial charge in [-0.15, -0.1) is 0 Å². The van der Waals surface area contributed by atoms with Gasteiger partial charge in [0, 0.05) is 42.3 Å². The van der Waals surface area contributed by atoms with Crippen LogP contribution in [-0.2, 0) is 78.0 Å². The monoisotopic (exact) mass is 1810 g/mol. The third-order valence-corrected chi connectivity index (χ3v) is 19.4. The van der Waals surface area contributed by atoms with Gasteiger partial charge in [0.15, 0.2) is 0 Å².